The molecule has 98 valence electrons. The van der Waals surface area contributed by atoms with Crippen molar-refractivity contribution in [1.29, 1.82) is 0 Å². The molecule has 0 unspecified atom stereocenters. The standard InChI is InChI=1S/C11H11N5O3/c1-15(2)10(17)7-5-6-16(14-7)9-4-3-8(11(18)19)12-13-9/h3-6H,1-2H3,(H,18,19). The number of aromatic nitrogens is 4. The SMILES string of the molecule is CN(C)C(=O)c1ccn(-c2ccc(C(=O)O)nn2)n1. The zero-order chi connectivity index (χ0) is 14.0. The van der Waals surface area contributed by atoms with Gasteiger partial charge in [-0.1, -0.05) is 0 Å². The van der Waals surface area contributed by atoms with Gasteiger partial charge in [-0.05, 0) is 18.2 Å². The van der Waals surface area contributed by atoms with Crippen LogP contribution < -0.4 is 0 Å². The van der Waals surface area contributed by atoms with Gasteiger partial charge in [0, 0.05) is 20.3 Å². The highest BCUT2D eigenvalue weighted by atomic mass is 16.4. The van der Waals surface area contributed by atoms with Crippen LogP contribution >= 0.6 is 0 Å². The molecule has 0 aromatic carbocycles. The molecule has 0 spiro atoms. The van der Waals surface area contributed by atoms with E-state index in [9.17, 15) is 9.59 Å². The number of hydrogen-bond donors (Lipinski definition) is 1. The van der Waals surface area contributed by atoms with E-state index in [-0.39, 0.29) is 17.3 Å². The first kappa shape index (κ1) is 12.7. The summed E-state index contributed by atoms with van der Waals surface area (Å²) in [6.45, 7) is 0. The van der Waals surface area contributed by atoms with Gasteiger partial charge in [0.15, 0.2) is 17.2 Å². The minimum Gasteiger partial charge on any atom is -0.476 e. The monoisotopic (exact) mass is 261 g/mol. The van der Waals surface area contributed by atoms with E-state index >= 15 is 0 Å². The van der Waals surface area contributed by atoms with Gasteiger partial charge >= 0.3 is 5.97 Å². The second-order valence-electron chi connectivity index (χ2n) is 3.93. The van der Waals surface area contributed by atoms with Gasteiger partial charge < -0.3 is 10.0 Å². The van der Waals surface area contributed by atoms with E-state index < -0.39 is 5.97 Å². The molecule has 2 heterocycles. The third kappa shape index (κ3) is 2.57. The Labute approximate surface area is 108 Å². The van der Waals surface area contributed by atoms with Crippen LogP contribution in [0, 0.1) is 0 Å². The Morgan fingerprint density at radius 3 is 2.42 bits per heavy atom. The first-order chi connectivity index (χ1) is 8.99. The zero-order valence-corrected chi connectivity index (χ0v) is 10.3. The van der Waals surface area contributed by atoms with Gasteiger partial charge in [0.05, 0.1) is 0 Å². The molecule has 0 fully saturated rings. The van der Waals surface area contributed by atoms with Gasteiger partial charge in [-0.2, -0.15) is 5.10 Å². The Hall–Kier alpha value is -2.77. The Bertz CT molecular complexity index is 618. The lowest BCUT2D eigenvalue weighted by Crippen LogP contribution is -2.22. The van der Waals surface area contributed by atoms with Crippen LogP contribution in [0.5, 0.6) is 0 Å². The largest absolute Gasteiger partial charge is 0.476 e. The van der Waals surface area contributed by atoms with Crippen LogP contribution in [0.25, 0.3) is 5.82 Å². The third-order valence-corrected chi connectivity index (χ3v) is 2.32. The fraction of sp³-hybridized carbons (Fsp3) is 0.182. The van der Waals surface area contributed by atoms with Crippen molar-refractivity contribution in [3.8, 4) is 5.82 Å². The van der Waals surface area contributed by atoms with E-state index in [4.69, 9.17) is 5.11 Å². The van der Waals surface area contributed by atoms with Crippen LogP contribution in [-0.2, 0) is 0 Å². The Morgan fingerprint density at radius 2 is 1.89 bits per heavy atom. The van der Waals surface area contributed by atoms with Gasteiger partial charge in [0.2, 0.25) is 0 Å². The number of hydrogen-bond acceptors (Lipinski definition) is 5. The van der Waals surface area contributed by atoms with Crippen LogP contribution in [0.3, 0.4) is 0 Å². The van der Waals surface area contributed by atoms with Gasteiger partial charge in [0.25, 0.3) is 5.91 Å². The van der Waals surface area contributed by atoms with E-state index in [2.05, 4.69) is 15.3 Å². The Balaban J connectivity index is 2.28. The molecule has 1 amide bonds. The molecular weight excluding hydrogens is 250 g/mol. The zero-order valence-electron chi connectivity index (χ0n) is 10.3. The van der Waals surface area contributed by atoms with Crippen molar-refractivity contribution >= 4 is 11.9 Å². The van der Waals surface area contributed by atoms with Crippen molar-refractivity contribution in [1.82, 2.24) is 24.9 Å². The summed E-state index contributed by atoms with van der Waals surface area (Å²) in [4.78, 5) is 23.7. The number of carbonyl (C=O) groups excluding carboxylic acids is 1. The van der Waals surface area contributed by atoms with Crippen molar-refractivity contribution in [3.63, 3.8) is 0 Å². The summed E-state index contributed by atoms with van der Waals surface area (Å²) in [5, 5.41) is 20.0. The van der Waals surface area contributed by atoms with E-state index in [1.54, 1.807) is 26.4 Å². The molecular formula is C11H11N5O3. The minimum absolute atomic E-state index is 0.152. The maximum atomic E-state index is 11.7. The molecule has 1 N–H and O–H groups in total. The lowest BCUT2D eigenvalue weighted by Gasteiger charge is -2.06. The Kier molecular flexibility index (Phi) is 3.23. The molecule has 0 bridgehead atoms. The average Bonchev–Trinajstić information content (AvgIpc) is 2.87. The molecule has 0 radical (unpaired) electrons. The second-order valence-corrected chi connectivity index (χ2v) is 3.93. The third-order valence-electron chi connectivity index (χ3n) is 2.32. The highest BCUT2D eigenvalue weighted by molar-refractivity contribution is 5.91. The van der Waals surface area contributed by atoms with Crippen LogP contribution in [0.1, 0.15) is 21.0 Å². The fourth-order valence-corrected chi connectivity index (χ4v) is 1.36. The average molecular weight is 261 g/mol. The second kappa shape index (κ2) is 4.84. The van der Waals surface area contributed by atoms with E-state index in [1.807, 2.05) is 0 Å². The number of rotatable bonds is 3. The van der Waals surface area contributed by atoms with Crippen LogP contribution in [-0.4, -0.2) is 56.0 Å². The van der Waals surface area contributed by atoms with Crippen LogP contribution in [0.2, 0.25) is 0 Å². The normalized spacial score (nSPS) is 10.2. The molecule has 2 rings (SSSR count). The first-order valence-electron chi connectivity index (χ1n) is 5.34. The number of carbonyl (C=O) groups is 2. The smallest absolute Gasteiger partial charge is 0.356 e. The fourth-order valence-electron chi connectivity index (χ4n) is 1.36. The lowest BCUT2D eigenvalue weighted by atomic mass is 10.4. The van der Waals surface area contributed by atoms with Gasteiger partial charge in [-0.3, -0.25) is 4.79 Å². The summed E-state index contributed by atoms with van der Waals surface area (Å²) in [7, 11) is 3.26. The highest BCUT2D eigenvalue weighted by Gasteiger charge is 2.13. The van der Waals surface area contributed by atoms with E-state index in [0.29, 0.717) is 5.82 Å². The maximum Gasteiger partial charge on any atom is 0.356 e. The van der Waals surface area contributed by atoms with E-state index in [1.165, 1.54) is 21.7 Å². The topological polar surface area (TPSA) is 101 Å². The van der Waals surface area contributed by atoms with Gasteiger partial charge in [-0.15, -0.1) is 10.2 Å². The quantitative estimate of drug-likeness (QED) is 0.838. The van der Waals surface area contributed by atoms with Crippen molar-refractivity contribution in [2.24, 2.45) is 0 Å². The van der Waals surface area contributed by atoms with Crippen LogP contribution in [0.4, 0.5) is 0 Å². The maximum absolute atomic E-state index is 11.7. The predicted molar refractivity (Wildman–Crippen MR) is 64.1 cm³/mol. The van der Waals surface area contributed by atoms with Crippen LogP contribution in [0.15, 0.2) is 24.4 Å². The van der Waals surface area contributed by atoms with Gasteiger partial charge in [-0.25, -0.2) is 9.48 Å². The molecule has 0 aliphatic rings. The van der Waals surface area contributed by atoms with E-state index in [0.717, 1.165) is 0 Å². The molecule has 0 aliphatic carbocycles. The van der Waals surface area contributed by atoms with Crippen molar-refractivity contribution < 1.29 is 14.7 Å². The molecule has 8 nitrogen and oxygen atoms in total. The molecule has 8 heteroatoms. The Morgan fingerprint density at radius 1 is 1.16 bits per heavy atom. The number of nitrogens with zero attached hydrogens (tertiary/aromatic N) is 5. The summed E-state index contributed by atoms with van der Waals surface area (Å²) < 4.78 is 1.36. The number of carboxylic acids is 1. The van der Waals surface area contributed by atoms with Crippen molar-refractivity contribution in [3.05, 3.63) is 35.8 Å². The summed E-state index contributed by atoms with van der Waals surface area (Å²) in [6.07, 6.45) is 1.56. The van der Waals surface area contributed by atoms with Gasteiger partial charge in [0.1, 0.15) is 0 Å². The lowest BCUT2D eigenvalue weighted by molar-refractivity contribution is 0.0688. The predicted octanol–water partition coefficient (Wildman–Crippen LogP) is 0.0623. The summed E-state index contributed by atoms with van der Waals surface area (Å²) >= 11 is 0. The summed E-state index contributed by atoms with van der Waals surface area (Å²) in [5.41, 5.74) is 0.120. The molecule has 0 aliphatic heterocycles. The summed E-state index contributed by atoms with van der Waals surface area (Å²) in [5.74, 6) is -1.04. The molecule has 2 aromatic rings. The number of aromatic carboxylic acids is 1. The molecule has 0 atom stereocenters. The van der Waals surface area contributed by atoms with Crippen molar-refractivity contribution in [2.75, 3.05) is 14.1 Å². The number of carboxylic acid groups (broad SMARTS) is 1. The van der Waals surface area contributed by atoms with Crippen molar-refractivity contribution in [2.45, 2.75) is 0 Å². The first-order valence-corrected chi connectivity index (χ1v) is 5.34. The molecule has 19 heavy (non-hydrogen) atoms. The highest BCUT2D eigenvalue weighted by Crippen LogP contribution is 2.05. The summed E-state index contributed by atoms with van der Waals surface area (Å²) in [6, 6.07) is 4.34. The number of amides is 1. The molecule has 0 saturated heterocycles. The molecule has 0 saturated carbocycles. The minimum atomic E-state index is -1.15. The molecule has 2 aromatic heterocycles.